The number of carbonyl (C=O) groups excluding carboxylic acids is 1. The van der Waals surface area contributed by atoms with E-state index in [9.17, 15) is 27.2 Å². The van der Waals surface area contributed by atoms with Gasteiger partial charge in [0.05, 0.1) is 5.56 Å². The summed E-state index contributed by atoms with van der Waals surface area (Å²) in [6.07, 6.45) is -4.14. The molecule has 2 aromatic rings. The molecule has 2 nitrogen and oxygen atoms in total. The second-order valence-electron chi connectivity index (χ2n) is 3.73. The second kappa shape index (κ2) is 4.73. The quantitative estimate of drug-likeness (QED) is 0.641. The van der Waals surface area contributed by atoms with Gasteiger partial charge in [-0.15, -0.1) is 11.3 Å². The molecular weight excluding hydrogens is 284 g/mol. The SMILES string of the molecule is O=C(c1csc2ccccc2c1=O)C(F)(F)C(F)F. The minimum Gasteiger partial charge on any atom is -0.288 e. The number of hydrogen-bond acceptors (Lipinski definition) is 3. The fourth-order valence-corrected chi connectivity index (χ4v) is 2.42. The molecule has 0 atom stereocenters. The van der Waals surface area contributed by atoms with Crippen molar-refractivity contribution in [2.24, 2.45) is 0 Å². The molecule has 0 aliphatic carbocycles. The van der Waals surface area contributed by atoms with E-state index in [0.29, 0.717) is 4.70 Å². The molecule has 0 N–H and O–H groups in total. The molecule has 0 amide bonds. The summed E-state index contributed by atoms with van der Waals surface area (Å²) in [7, 11) is 0. The molecule has 1 aromatic carbocycles. The second-order valence-corrected chi connectivity index (χ2v) is 4.64. The molecule has 0 unspecified atom stereocenters. The van der Waals surface area contributed by atoms with Crippen molar-refractivity contribution in [3.8, 4) is 0 Å². The molecular formula is C12H6F4O2S. The van der Waals surface area contributed by atoms with Crippen LogP contribution in [0.3, 0.4) is 0 Å². The van der Waals surface area contributed by atoms with Gasteiger partial charge in [0.1, 0.15) is 0 Å². The first-order valence-corrected chi connectivity index (χ1v) is 5.95. The first-order chi connectivity index (χ1) is 8.85. The fraction of sp³-hybridized carbons (Fsp3) is 0.167. The summed E-state index contributed by atoms with van der Waals surface area (Å²) in [6.45, 7) is 0. The number of hydrogen-bond donors (Lipinski definition) is 0. The maximum absolute atomic E-state index is 13.0. The van der Waals surface area contributed by atoms with Gasteiger partial charge in [0.2, 0.25) is 5.78 Å². The molecule has 0 saturated heterocycles. The molecule has 0 saturated carbocycles. The third-order valence-corrected chi connectivity index (χ3v) is 3.46. The largest absolute Gasteiger partial charge is 0.369 e. The van der Waals surface area contributed by atoms with Crippen LogP contribution in [0, 0.1) is 0 Å². The van der Waals surface area contributed by atoms with Gasteiger partial charge in [-0.05, 0) is 12.1 Å². The summed E-state index contributed by atoms with van der Waals surface area (Å²) in [6, 6.07) is 6.05. The smallest absolute Gasteiger partial charge is 0.288 e. The van der Waals surface area contributed by atoms with Crippen molar-refractivity contribution in [1.82, 2.24) is 0 Å². The molecule has 0 bridgehead atoms. The molecule has 100 valence electrons. The van der Waals surface area contributed by atoms with Crippen LogP contribution in [0.1, 0.15) is 10.4 Å². The summed E-state index contributed by atoms with van der Waals surface area (Å²) in [4.78, 5) is 23.2. The van der Waals surface area contributed by atoms with E-state index in [4.69, 9.17) is 0 Å². The Labute approximate surface area is 108 Å². The van der Waals surface area contributed by atoms with Crippen molar-refractivity contribution >= 4 is 27.2 Å². The number of Topliss-reactive ketones (excluding diaryl/α,β-unsaturated/α-hetero) is 1. The monoisotopic (exact) mass is 290 g/mol. The van der Waals surface area contributed by atoms with Crippen molar-refractivity contribution in [2.75, 3.05) is 0 Å². The summed E-state index contributed by atoms with van der Waals surface area (Å²) >= 11 is 0.875. The normalized spacial score (nSPS) is 12.1. The van der Waals surface area contributed by atoms with Gasteiger partial charge in [-0.25, -0.2) is 8.78 Å². The van der Waals surface area contributed by atoms with Crippen LogP contribution in [0.25, 0.3) is 10.1 Å². The lowest BCUT2D eigenvalue weighted by Gasteiger charge is -2.13. The van der Waals surface area contributed by atoms with Crippen LogP contribution < -0.4 is 5.43 Å². The highest BCUT2D eigenvalue weighted by atomic mass is 32.1. The van der Waals surface area contributed by atoms with Crippen LogP contribution in [-0.2, 0) is 0 Å². The highest BCUT2D eigenvalue weighted by molar-refractivity contribution is 7.16. The third kappa shape index (κ3) is 2.25. The zero-order chi connectivity index (χ0) is 14.2. The lowest BCUT2D eigenvalue weighted by Crippen LogP contribution is -2.38. The fourth-order valence-electron chi connectivity index (χ4n) is 1.51. The summed E-state index contributed by atoms with van der Waals surface area (Å²) in [5, 5.41) is 0.951. The Morgan fingerprint density at radius 1 is 1.21 bits per heavy atom. The third-order valence-electron chi connectivity index (χ3n) is 2.50. The van der Waals surface area contributed by atoms with E-state index < -0.39 is 29.1 Å². The number of alkyl halides is 4. The molecule has 0 aliphatic heterocycles. The number of ketones is 1. The molecule has 0 spiro atoms. The zero-order valence-corrected chi connectivity index (χ0v) is 10.0. The highest BCUT2D eigenvalue weighted by Crippen LogP contribution is 2.28. The van der Waals surface area contributed by atoms with Crippen molar-refractivity contribution in [1.29, 1.82) is 0 Å². The molecule has 2 rings (SSSR count). The Balaban J connectivity index is 2.62. The highest BCUT2D eigenvalue weighted by Gasteiger charge is 2.49. The van der Waals surface area contributed by atoms with E-state index in [1.165, 1.54) is 12.1 Å². The molecule has 0 radical (unpaired) electrons. The number of benzene rings is 1. The van der Waals surface area contributed by atoms with E-state index in [0.717, 1.165) is 16.7 Å². The Kier molecular flexibility index (Phi) is 3.40. The van der Waals surface area contributed by atoms with E-state index in [-0.39, 0.29) is 5.39 Å². The first-order valence-electron chi connectivity index (χ1n) is 5.07. The molecule has 0 fully saturated rings. The average Bonchev–Trinajstić information content (AvgIpc) is 2.38. The van der Waals surface area contributed by atoms with E-state index >= 15 is 0 Å². The summed E-state index contributed by atoms with van der Waals surface area (Å²) in [5.41, 5.74) is -1.87. The Bertz CT molecular complexity index is 693. The Hall–Kier alpha value is -1.76. The first kappa shape index (κ1) is 13.7. The predicted molar refractivity (Wildman–Crippen MR) is 63.4 cm³/mol. The van der Waals surface area contributed by atoms with Gasteiger partial charge in [0, 0.05) is 15.5 Å². The average molecular weight is 290 g/mol. The zero-order valence-electron chi connectivity index (χ0n) is 9.20. The van der Waals surface area contributed by atoms with Crippen molar-refractivity contribution in [2.45, 2.75) is 12.3 Å². The molecule has 7 heteroatoms. The minimum atomic E-state index is -4.85. The van der Waals surface area contributed by atoms with Crippen molar-refractivity contribution in [3.63, 3.8) is 0 Å². The van der Waals surface area contributed by atoms with Gasteiger partial charge in [0.25, 0.3) is 0 Å². The van der Waals surface area contributed by atoms with Crippen LogP contribution in [-0.4, -0.2) is 18.1 Å². The Morgan fingerprint density at radius 2 is 1.84 bits per heavy atom. The number of halogens is 4. The molecule has 19 heavy (non-hydrogen) atoms. The topological polar surface area (TPSA) is 34.1 Å². The van der Waals surface area contributed by atoms with E-state index in [1.54, 1.807) is 12.1 Å². The van der Waals surface area contributed by atoms with Crippen LogP contribution in [0.15, 0.2) is 34.4 Å². The summed E-state index contributed by atoms with van der Waals surface area (Å²) in [5.74, 6) is -7.00. The maximum Gasteiger partial charge on any atom is 0.369 e. The predicted octanol–water partition coefficient (Wildman–Crippen LogP) is 3.34. The number of fused-ring (bicyclic) bond motifs is 1. The van der Waals surface area contributed by atoms with Crippen molar-refractivity contribution < 1.29 is 22.4 Å². The van der Waals surface area contributed by atoms with Crippen LogP contribution >= 0.6 is 11.3 Å². The van der Waals surface area contributed by atoms with Crippen LogP contribution in [0.4, 0.5) is 17.6 Å². The lowest BCUT2D eigenvalue weighted by atomic mass is 10.1. The van der Waals surface area contributed by atoms with Crippen molar-refractivity contribution in [3.05, 3.63) is 45.4 Å². The number of carbonyl (C=O) groups is 1. The molecule has 0 aliphatic rings. The van der Waals surface area contributed by atoms with Gasteiger partial charge in [-0.3, -0.25) is 9.59 Å². The van der Waals surface area contributed by atoms with Crippen LogP contribution in [0.5, 0.6) is 0 Å². The van der Waals surface area contributed by atoms with Crippen LogP contribution in [0.2, 0.25) is 0 Å². The van der Waals surface area contributed by atoms with Gasteiger partial charge in [0.15, 0.2) is 5.43 Å². The van der Waals surface area contributed by atoms with E-state index in [2.05, 4.69) is 0 Å². The minimum absolute atomic E-state index is 0.0587. The van der Waals surface area contributed by atoms with E-state index in [1.807, 2.05) is 0 Å². The maximum atomic E-state index is 13.0. The lowest BCUT2D eigenvalue weighted by molar-refractivity contribution is -0.0958. The molecule has 1 aromatic heterocycles. The summed E-state index contributed by atoms with van der Waals surface area (Å²) < 4.78 is 50.7. The molecule has 1 heterocycles. The number of rotatable bonds is 3. The van der Waals surface area contributed by atoms with Gasteiger partial charge >= 0.3 is 12.3 Å². The van der Waals surface area contributed by atoms with Gasteiger partial charge in [-0.2, -0.15) is 8.78 Å². The standard InChI is InChI=1S/C12H6F4O2S/c13-11(14)12(15,16)10(18)7-5-19-8-4-2-1-3-6(8)9(7)17/h1-5,11H. The van der Waals surface area contributed by atoms with Gasteiger partial charge in [-0.1, -0.05) is 12.1 Å². The Morgan fingerprint density at radius 3 is 2.47 bits per heavy atom. The van der Waals surface area contributed by atoms with Gasteiger partial charge < -0.3 is 0 Å².